The Morgan fingerprint density at radius 2 is 1.93 bits per heavy atom. The first kappa shape index (κ1) is 18.4. The quantitative estimate of drug-likeness (QED) is 0.698. The van der Waals surface area contributed by atoms with Crippen LogP contribution in [0.15, 0.2) is 54.7 Å². The number of aromatic nitrogens is 2. The topological polar surface area (TPSA) is 76.1 Å². The molecule has 2 aromatic carbocycles. The number of carbonyl (C=O) groups is 1. The minimum absolute atomic E-state index is 0.271. The summed E-state index contributed by atoms with van der Waals surface area (Å²) >= 11 is 0. The molecule has 0 saturated heterocycles. The second kappa shape index (κ2) is 8.31. The molecule has 6 nitrogen and oxygen atoms in total. The van der Waals surface area contributed by atoms with Crippen molar-refractivity contribution < 1.29 is 9.53 Å². The van der Waals surface area contributed by atoms with E-state index in [0.29, 0.717) is 18.2 Å². The first-order valence-electron chi connectivity index (χ1n) is 8.64. The maximum atomic E-state index is 12.5. The van der Waals surface area contributed by atoms with E-state index in [2.05, 4.69) is 26.7 Å². The maximum absolute atomic E-state index is 12.5. The molecule has 6 heteroatoms. The van der Waals surface area contributed by atoms with Crippen LogP contribution in [0.25, 0.3) is 0 Å². The minimum atomic E-state index is -0.271. The molecule has 0 aliphatic rings. The zero-order valence-corrected chi connectivity index (χ0v) is 15.6. The summed E-state index contributed by atoms with van der Waals surface area (Å²) in [6.07, 6.45) is 1.57. The van der Waals surface area contributed by atoms with E-state index in [0.717, 1.165) is 22.6 Å². The standard InChI is InChI=1S/C21H22N4O2/c1-14-8-9-17(15(2)12-14)24-21-22-11-10-18(25-21)20(26)23-13-16-6-4-5-7-19(16)27-3/h4-12H,13H2,1-3H3,(H,23,26)(H,22,24,25). The molecule has 1 heterocycles. The molecular weight excluding hydrogens is 340 g/mol. The van der Waals surface area contributed by atoms with Gasteiger partial charge in [0.05, 0.1) is 7.11 Å². The lowest BCUT2D eigenvalue weighted by atomic mass is 10.1. The highest BCUT2D eigenvalue weighted by atomic mass is 16.5. The Labute approximate surface area is 158 Å². The normalized spacial score (nSPS) is 10.3. The Morgan fingerprint density at radius 3 is 2.70 bits per heavy atom. The van der Waals surface area contributed by atoms with Crippen LogP contribution in [0.2, 0.25) is 0 Å². The minimum Gasteiger partial charge on any atom is -0.496 e. The van der Waals surface area contributed by atoms with Crippen LogP contribution in [-0.4, -0.2) is 23.0 Å². The SMILES string of the molecule is COc1ccccc1CNC(=O)c1ccnc(Nc2ccc(C)cc2C)n1. The van der Waals surface area contributed by atoms with Gasteiger partial charge in [-0.15, -0.1) is 0 Å². The van der Waals surface area contributed by atoms with Gasteiger partial charge in [0.15, 0.2) is 0 Å². The molecule has 0 spiro atoms. The van der Waals surface area contributed by atoms with Crippen molar-refractivity contribution in [3.05, 3.63) is 77.1 Å². The number of amides is 1. The van der Waals surface area contributed by atoms with Gasteiger partial charge in [-0.05, 0) is 37.6 Å². The first-order valence-corrected chi connectivity index (χ1v) is 8.64. The lowest BCUT2D eigenvalue weighted by Crippen LogP contribution is -2.24. The van der Waals surface area contributed by atoms with E-state index in [1.165, 1.54) is 5.56 Å². The van der Waals surface area contributed by atoms with E-state index >= 15 is 0 Å². The Balaban J connectivity index is 1.70. The van der Waals surface area contributed by atoms with Crippen molar-refractivity contribution in [1.29, 1.82) is 0 Å². The van der Waals surface area contributed by atoms with Gasteiger partial charge in [-0.2, -0.15) is 0 Å². The van der Waals surface area contributed by atoms with Crippen molar-refractivity contribution in [2.24, 2.45) is 0 Å². The highest BCUT2D eigenvalue weighted by molar-refractivity contribution is 5.92. The number of nitrogens with zero attached hydrogens (tertiary/aromatic N) is 2. The maximum Gasteiger partial charge on any atom is 0.270 e. The number of ether oxygens (including phenoxy) is 1. The van der Waals surface area contributed by atoms with Crippen molar-refractivity contribution in [2.45, 2.75) is 20.4 Å². The molecular formula is C21H22N4O2. The number of para-hydroxylation sites is 1. The summed E-state index contributed by atoms with van der Waals surface area (Å²) in [6.45, 7) is 4.41. The molecule has 0 bridgehead atoms. The molecule has 1 aromatic heterocycles. The smallest absolute Gasteiger partial charge is 0.270 e. The van der Waals surface area contributed by atoms with Gasteiger partial charge in [-0.1, -0.05) is 35.9 Å². The van der Waals surface area contributed by atoms with Crippen LogP contribution in [0.1, 0.15) is 27.2 Å². The molecule has 3 aromatic rings. The van der Waals surface area contributed by atoms with E-state index in [-0.39, 0.29) is 5.91 Å². The van der Waals surface area contributed by atoms with Crippen molar-refractivity contribution in [1.82, 2.24) is 15.3 Å². The number of nitrogens with one attached hydrogen (secondary N) is 2. The van der Waals surface area contributed by atoms with Crippen molar-refractivity contribution in [3.8, 4) is 5.75 Å². The number of anilines is 2. The lowest BCUT2D eigenvalue weighted by Gasteiger charge is -2.11. The van der Waals surface area contributed by atoms with Gasteiger partial charge in [0.25, 0.3) is 5.91 Å². The number of aryl methyl sites for hydroxylation is 2. The second-order valence-corrected chi connectivity index (χ2v) is 6.20. The molecule has 2 N–H and O–H groups in total. The van der Waals surface area contributed by atoms with Crippen LogP contribution in [0.5, 0.6) is 5.75 Å². The van der Waals surface area contributed by atoms with Gasteiger partial charge < -0.3 is 15.4 Å². The molecule has 0 saturated carbocycles. The fraction of sp³-hybridized carbons (Fsp3) is 0.190. The number of hydrogen-bond acceptors (Lipinski definition) is 5. The summed E-state index contributed by atoms with van der Waals surface area (Å²) < 4.78 is 5.30. The molecule has 0 unspecified atom stereocenters. The Morgan fingerprint density at radius 1 is 1.11 bits per heavy atom. The van der Waals surface area contributed by atoms with Crippen LogP contribution in [0, 0.1) is 13.8 Å². The van der Waals surface area contributed by atoms with E-state index in [9.17, 15) is 4.79 Å². The zero-order chi connectivity index (χ0) is 19.2. The van der Waals surface area contributed by atoms with Gasteiger partial charge in [-0.25, -0.2) is 9.97 Å². The highest BCUT2D eigenvalue weighted by Gasteiger charge is 2.11. The summed E-state index contributed by atoms with van der Waals surface area (Å²) in [5.41, 5.74) is 4.38. The summed E-state index contributed by atoms with van der Waals surface area (Å²) in [4.78, 5) is 21.0. The van der Waals surface area contributed by atoms with Gasteiger partial charge in [0, 0.05) is 24.0 Å². The fourth-order valence-electron chi connectivity index (χ4n) is 2.73. The van der Waals surface area contributed by atoms with Crippen molar-refractivity contribution >= 4 is 17.5 Å². The van der Waals surface area contributed by atoms with Gasteiger partial charge in [-0.3, -0.25) is 4.79 Å². The highest BCUT2D eigenvalue weighted by Crippen LogP contribution is 2.19. The average molecular weight is 362 g/mol. The first-order chi connectivity index (χ1) is 13.1. The Kier molecular flexibility index (Phi) is 5.66. The average Bonchev–Trinajstić information content (AvgIpc) is 2.68. The zero-order valence-electron chi connectivity index (χ0n) is 15.6. The van der Waals surface area contributed by atoms with E-state index in [1.807, 2.05) is 50.2 Å². The Hall–Kier alpha value is -3.41. The number of carbonyl (C=O) groups excluding carboxylic acids is 1. The number of benzene rings is 2. The number of hydrogen-bond donors (Lipinski definition) is 2. The molecule has 1 amide bonds. The monoisotopic (exact) mass is 362 g/mol. The molecule has 138 valence electrons. The third kappa shape index (κ3) is 4.61. The van der Waals surface area contributed by atoms with Crippen molar-refractivity contribution in [3.63, 3.8) is 0 Å². The molecule has 3 rings (SSSR count). The van der Waals surface area contributed by atoms with Crippen LogP contribution in [-0.2, 0) is 6.54 Å². The third-order valence-electron chi connectivity index (χ3n) is 4.15. The predicted octanol–water partition coefficient (Wildman–Crippen LogP) is 3.78. The fourth-order valence-corrected chi connectivity index (χ4v) is 2.73. The summed E-state index contributed by atoms with van der Waals surface area (Å²) in [5, 5.41) is 6.03. The van der Waals surface area contributed by atoms with Gasteiger partial charge in [0.1, 0.15) is 11.4 Å². The summed E-state index contributed by atoms with van der Waals surface area (Å²) in [6, 6.07) is 15.2. The van der Waals surface area contributed by atoms with Crippen LogP contribution < -0.4 is 15.4 Å². The third-order valence-corrected chi connectivity index (χ3v) is 4.15. The number of rotatable bonds is 6. The predicted molar refractivity (Wildman–Crippen MR) is 105 cm³/mol. The molecule has 0 fully saturated rings. The molecule has 27 heavy (non-hydrogen) atoms. The second-order valence-electron chi connectivity index (χ2n) is 6.20. The molecule has 0 atom stereocenters. The summed E-state index contributed by atoms with van der Waals surface area (Å²) in [7, 11) is 1.61. The lowest BCUT2D eigenvalue weighted by molar-refractivity contribution is 0.0945. The van der Waals surface area contributed by atoms with E-state index in [1.54, 1.807) is 19.4 Å². The van der Waals surface area contributed by atoms with Crippen LogP contribution >= 0.6 is 0 Å². The Bertz CT molecular complexity index is 956. The van der Waals surface area contributed by atoms with E-state index < -0.39 is 0 Å². The number of methoxy groups -OCH3 is 1. The van der Waals surface area contributed by atoms with E-state index in [4.69, 9.17) is 4.74 Å². The molecule has 0 radical (unpaired) electrons. The van der Waals surface area contributed by atoms with Crippen LogP contribution in [0.4, 0.5) is 11.6 Å². The van der Waals surface area contributed by atoms with Crippen molar-refractivity contribution in [2.75, 3.05) is 12.4 Å². The van der Waals surface area contributed by atoms with Gasteiger partial charge in [0.2, 0.25) is 5.95 Å². The van der Waals surface area contributed by atoms with Crippen LogP contribution in [0.3, 0.4) is 0 Å². The van der Waals surface area contributed by atoms with Gasteiger partial charge >= 0.3 is 0 Å². The summed E-state index contributed by atoms with van der Waals surface area (Å²) in [5.74, 6) is 0.844. The molecule has 0 aliphatic carbocycles. The molecule has 0 aliphatic heterocycles. The largest absolute Gasteiger partial charge is 0.496 e.